The summed E-state index contributed by atoms with van der Waals surface area (Å²) in [5.74, 6) is 0.617. The second-order valence-corrected chi connectivity index (χ2v) is 8.90. The fourth-order valence-electron chi connectivity index (χ4n) is 5.06. The fourth-order valence-corrected chi connectivity index (χ4v) is 5.06. The van der Waals surface area contributed by atoms with Crippen LogP contribution in [0.25, 0.3) is 0 Å². The SMILES string of the molecule is CCOc1ccc(CN2CCNC(=O)C2CC(=O)N2CCN(C3CCCC3)C(=O)C2)cc1. The Bertz CT molecular complexity index is 822. The van der Waals surface area contributed by atoms with Gasteiger partial charge in [-0.15, -0.1) is 0 Å². The lowest BCUT2D eigenvalue weighted by atomic mass is 10.1. The molecule has 0 aromatic heterocycles. The zero-order chi connectivity index (χ0) is 22.5. The molecule has 1 N–H and O–H groups in total. The van der Waals surface area contributed by atoms with Gasteiger partial charge in [0.2, 0.25) is 17.7 Å². The van der Waals surface area contributed by atoms with Crippen LogP contribution >= 0.6 is 0 Å². The number of carbonyl (C=O) groups excluding carboxylic acids is 3. The summed E-state index contributed by atoms with van der Waals surface area (Å²) in [5, 5.41) is 2.89. The van der Waals surface area contributed by atoms with Crippen molar-refractivity contribution in [3.05, 3.63) is 29.8 Å². The summed E-state index contributed by atoms with van der Waals surface area (Å²) in [7, 11) is 0. The van der Waals surface area contributed by atoms with E-state index in [9.17, 15) is 14.4 Å². The van der Waals surface area contributed by atoms with Gasteiger partial charge in [0.1, 0.15) is 5.75 Å². The lowest BCUT2D eigenvalue weighted by Crippen LogP contribution is -2.58. The Balaban J connectivity index is 1.35. The summed E-state index contributed by atoms with van der Waals surface area (Å²) in [5.41, 5.74) is 1.07. The van der Waals surface area contributed by atoms with Gasteiger partial charge in [-0.2, -0.15) is 0 Å². The average molecular weight is 443 g/mol. The van der Waals surface area contributed by atoms with Gasteiger partial charge in [-0.3, -0.25) is 19.3 Å². The van der Waals surface area contributed by atoms with Crippen LogP contribution in [0.5, 0.6) is 5.75 Å². The number of nitrogens with one attached hydrogen (secondary N) is 1. The Morgan fingerprint density at radius 2 is 1.84 bits per heavy atom. The number of nitrogens with zero attached hydrogens (tertiary/aromatic N) is 3. The second-order valence-electron chi connectivity index (χ2n) is 8.90. The van der Waals surface area contributed by atoms with Gasteiger partial charge in [-0.1, -0.05) is 25.0 Å². The van der Waals surface area contributed by atoms with Crippen molar-refractivity contribution in [3.8, 4) is 5.75 Å². The molecule has 3 fully saturated rings. The third kappa shape index (κ3) is 5.23. The highest BCUT2D eigenvalue weighted by Gasteiger charge is 2.36. The molecule has 3 amide bonds. The standard InChI is InChI=1S/C24H34N4O4/c1-2-32-20-9-7-18(8-10-20)16-26-12-11-25-24(31)21(26)15-22(29)27-13-14-28(23(30)17-27)19-5-3-4-6-19/h7-10,19,21H,2-6,11-17H2,1H3,(H,25,31). The minimum atomic E-state index is -0.522. The molecule has 1 aliphatic carbocycles. The van der Waals surface area contributed by atoms with Crippen LogP contribution in [0.1, 0.15) is 44.6 Å². The molecule has 1 atom stereocenters. The molecule has 1 aromatic rings. The van der Waals surface area contributed by atoms with E-state index in [4.69, 9.17) is 4.74 Å². The molecule has 3 aliphatic rings. The van der Waals surface area contributed by atoms with Crippen LogP contribution < -0.4 is 10.1 Å². The zero-order valence-electron chi connectivity index (χ0n) is 18.9. The summed E-state index contributed by atoms with van der Waals surface area (Å²) in [6, 6.07) is 7.67. The summed E-state index contributed by atoms with van der Waals surface area (Å²) < 4.78 is 5.50. The number of rotatable bonds is 7. The summed E-state index contributed by atoms with van der Waals surface area (Å²) >= 11 is 0. The first kappa shape index (κ1) is 22.6. The molecular formula is C24H34N4O4. The van der Waals surface area contributed by atoms with E-state index in [1.807, 2.05) is 36.1 Å². The van der Waals surface area contributed by atoms with Crippen molar-refractivity contribution >= 4 is 17.7 Å². The molecule has 0 spiro atoms. The van der Waals surface area contributed by atoms with Crippen molar-refractivity contribution in [1.29, 1.82) is 0 Å². The molecule has 2 aliphatic heterocycles. The van der Waals surface area contributed by atoms with Crippen molar-refractivity contribution in [2.45, 2.75) is 57.7 Å². The van der Waals surface area contributed by atoms with Crippen molar-refractivity contribution in [2.24, 2.45) is 0 Å². The first-order chi connectivity index (χ1) is 15.5. The number of piperazine rings is 2. The predicted molar refractivity (Wildman–Crippen MR) is 120 cm³/mol. The maximum atomic E-state index is 13.0. The maximum Gasteiger partial charge on any atom is 0.242 e. The Labute approximate surface area is 189 Å². The van der Waals surface area contributed by atoms with E-state index in [1.54, 1.807) is 4.90 Å². The fraction of sp³-hybridized carbons (Fsp3) is 0.625. The average Bonchev–Trinajstić information content (AvgIpc) is 3.32. The number of amides is 3. The minimum Gasteiger partial charge on any atom is -0.494 e. The Kier molecular flexibility index (Phi) is 7.29. The van der Waals surface area contributed by atoms with Gasteiger partial charge < -0.3 is 19.9 Å². The lowest BCUT2D eigenvalue weighted by Gasteiger charge is -2.39. The minimum absolute atomic E-state index is 0.0378. The van der Waals surface area contributed by atoms with Gasteiger partial charge in [-0.25, -0.2) is 0 Å². The van der Waals surface area contributed by atoms with Gasteiger partial charge in [0.25, 0.3) is 0 Å². The first-order valence-corrected chi connectivity index (χ1v) is 11.9. The molecule has 2 heterocycles. The number of ether oxygens (including phenoxy) is 1. The molecule has 1 saturated carbocycles. The van der Waals surface area contributed by atoms with Gasteiger partial charge in [0.15, 0.2) is 0 Å². The van der Waals surface area contributed by atoms with Crippen LogP contribution in [0.15, 0.2) is 24.3 Å². The molecule has 1 aromatic carbocycles. The van der Waals surface area contributed by atoms with Crippen LogP contribution in [0.4, 0.5) is 0 Å². The van der Waals surface area contributed by atoms with E-state index >= 15 is 0 Å². The molecule has 2 saturated heterocycles. The Morgan fingerprint density at radius 3 is 2.53 bits per heavy atom. The molecular weight excluding hydrogens is 408 g/mol. The van der Waals surface area contributed by atoms with E-state index < -0.39 is 6.04 Å². The second kappa shape index (κ2) is 10.3. The van der Waals surface area contributed by atoms with Gasteiger partial charge in [0, 0.05) is 38.8 Å². The highest BCUT2D eigenvalue weighted by atomic mass is 16.5. The van der Waals surface area contributed by atoms with E-state index in [0.717, 1.165) is 24.2 Å². The van der Waals surface area contributed by atoms with Crippen LogP contribution in [0, 0.1) is 0 Å². The van der Waals surface area contributed by atoms with E-state index in [2.05, 4.69) is 10.2 Å². The van der Waals surface area contributed by atoms with Crippen molar-refractivity contribution in [2.75, 3.05) is 39.3 Å². The summed E-state index contributed by atoms with van der Waals surface area (Å²) in [6.45, 7) is 5.69. The van der Waals surface area contributed by atoms with Crippen LogP contribution in [0.3, 0.4) is 0 Å². The van der Waals surface area contributed by atoms with E-state index in [1.165, 1.54) is 12.8 Å². The molecule has 4 rings (SSSR count). The van der Waals surface area contributed by atoms with Gasteiger partial charge >= 0.3 is 0 Å². The number of benzene rings is 1. The van der Waals surface area contributed by atoms with Crippen LogP contribution in [-0.4, -0.2) is 83.8 Å². The number of hydrogen-bond donors (Lipinski definition) is 1. The predicted octanol–water partition coefficient (Wildman–Crippen LogP) is 1.39. The molecule has 174 valence electrons. The van der Waals surface area contributed by atoms with Crippen molar-refractivity contribution in [1.82, 2.24) is 20.0 Å². The van der Waals surface area contributed by atoms with Crippen molar-refractivity contribution in [3.63, 3.8) is 0 Å². The summed E-state index contributed by atoms with van der Waals surface area (Å²) in [6.07, 6.45) is 4.60. The van der Waals surface area contributed by atoms with Gasteiger partial charge in [-0.05, 0) is 37.5 Å². The third-order valence-electron chi connectivity index (χ3n) is 6.81. The Hall–Kier alpha value is -2.61. The molecule has 8 nitrogen and oxygen atoms in total. The molecule has 0 bridgehead atoms. The van der Waals surface area contributed by atoms with Gasteiger partial charge in [0.05, 0.1) is 25.6 Å². The Morgan fingerprint density at radius 1 is 1.09 bits per heavy atom. The number of hydrogen-bond acceptors (Lipinski definition) is 5. The molecule has 8 heteroatoms. The lowest BCUT2D eigenvalue weighted by molar-refractivity contribution is -0.148. The van der Waals surface area contributed by atoms with E-state index in [0.29, 0.717) is 45.4 Å². The zero-order valence-corrected chi connectivity index (χ0v) is 18.9. The first-order valence-electron chi connectivity index (χ1n) is 11.9. The summed E-state index contributed by atoms with van der Waals surface area (Å²) in [4.78, 5) is 44.0. The highest BCUT2D eigenvalue weighted by molar-refractivity contribution is 5.91. The molecule has 32 heavy (non-hydrogen) atoms. The largest absolute Gasteiger partial charge is 0.494 e. The van der Waals surface area contributed by atoms with Crippen LogP contribution in [0.2, 0.25) is 0 Å². The van der Waals surface area contributed by atoms with E-state index in [-0.39, 0.29) is 30.7 Å². The smallest absolute Gasteiger partial charge is 0.242 e. The monoisotopic (exact) mass is 442 g/mol. The number of carbonyl (C=O) groups is 3. The maximum absolute atomic E-state index is 13.0. The molecule has 0 radical (unpaired) electrons. The normalized spacial score (nSPS) is 22.8. The van der Waals surface area contributed by atoms with Crippen molar-refractivity contribution < 1.29 is 19.1 Å². The highest BCUT2D eigenvalue weighted by Crippen LogP contribution is 2.25. The molecule has 1 unspecified atom stereocenters. The topological polar surface area (TPSA) is 82.2 Å². The quantitative estimate of drug-likeness (QED) is 0.690. The van der Waals surface area contributed by atoms with Crippen LogP contribution in [-0.2, 0) is 20.9 Å². The third-order valence-corrected chi connectivity index (χ3v) is 6.81.